The number of rotatable bonds is 3. The Balaban J connectivity index is 1.73. The Morgan fingerprint density at radius 1 is 1.12 bits per heavy atom. The van der Waals surface area contributed by atoms with E-state index in [4.69, 9.17) is 0 Å². The lowest BCUT2D eigenvalue weighted by Crippen LogP contribution is -2.36. The van der Waals surface area contributed by atoms with Gasteiger partial charge in [-0.05, 0) is 56.2 Å². The van der Waals surface area contributed by atoms with Crippen LogP contribution in [0.25, 0.3) is 6.08 Å². The summed E-state index contributed by atoms with van der Waals surface area (Å²) in [6.45, 7) is 2.98. The van der Waals surface area contributed by atoms with Crippen LogP contribution in [0.2, 0.25) is 0 Å². The van der Waals surface area contributed by atoms with Crippen LogP contribution in [0.15, 0.2) is 57.4 Å². The summed E-state index contributed by atoms with van der Waals surface area (Å²) in [7, 11) is -3.43. The summed E-state index contributed by atoms with van der Waals surface area (Å²) < 4.78 is 27.8. The molecule has 3 rings (SSSR count). The molecule has 0 aliphatic carbocycles. The molecule has 1 fully saturated rings. The molecular formula is C18H19BrN2O2S. The molecule has 1 aliphatic heterocycles. The first kappa shape index (κ1) is 17.3. The van der Waals surface area contributed by atoms with Crippen LogP contribution >= 0.6 is 15.9 Å². The second-order valence-corrected chi connectivity index (χ2v) is 8.72. The predicted molar refractivity (Wildman–Crippen MR) is 99.1 cm³/mol. The molecule has 0 bridgehead atoms. The highest BCUT2D eigenvalue weighted by atomic mass is 79.9. The lowest BCUT2D eigenvalue weighted by atomic mass is 10.0. The maximum atomic E-state index is 12.7. The monoisotopic (exact) mass is 406 g/mol. The third-order valence-corrected chi connectivity index (χ3v) is 6.45. The molecule has 0 radical (unpaired) electrons. The minimum Gasteiger partial charge on any atom is -0.254 e. The molecule has 1 aliphatic rings. The van der Waals surface area contributed by atoms with Crippen molar-refractivity contribution in [3.63, 3.8) is 0 Å². The number of aryl methyl sites for hydroxylation is 1. The summed E-state index contributed by atoms with van der Waals surface area (Å²) in [5.74, 6) is 0. The van der Waals surface area contributed by atoms with Gasteiger partial charge in [0.2, 0.25) is 10.0 Å². The van der Waals surface area contributed by atoms with E-state index in [1.807, 2.05) is 31.2 Å². The van der Waals surface area contributed by atoms with Crippen molar-refractivity contribution in [2.24, 2.45) is 0 Å². The van der Waals surface area contributed by atoms with Crippen LogP contribution in [-0.2, 0) is 10.0 Å². The topological polar surface area (TPSA) is 50.3 Å². The van der Waals surface area contributed by atoms with Gasteiger partial charge in [0.25, 0.3) is 0 Å². The first-order valence-electron chi connectivity index (χ1n) is 7.84. The van der Waals surface area contributed by atoms with Gasteiger partial charge < -0.3 is 0 Å². The molecule has 0 N–H and O–H groups in total. The van der Waals surface area contributed by atoms with E-state index < -0.39 is 10.0 Å². The van der Waals surface area contributed by atoms with Crippen molar-refractivity contribution >= 4 is 32.0 Å². The van der Waals surface area contributed by atoms with Crippen molar-refractivity contribution in [1.29, 1.82) is 0 Å². The summed E-state index contributed by atoms with van der Waals surface area (Å²) in [5.41, 5.74) is 3.17. The summed E-state index contributed by atoms with van der Waals surface area (Å²) in [5, 5.41) is 0. The molecule has 2 heterocycles. The minimum absolute atomic E-state index is 0.338. The Hall–Kier alpha value is -1.50. The van der Waals surface area contributed by atoms with Crippen molar-refractivity contribution in [2.75, 3.05) is 13.1 Å². The normalized spacial score (nSPS) is 16.2. The molecule has 0 atom stereocenters. The summed E-state index contributed by atoms with van der Waals surface area (Å²) in [6, 6.07) is 12.8. The largest absolute Gasteiger partial charge is 0.254 e. The Morgan fingerprint density at radius 3 is 2.50 bits per heavy atom. The zero-order valence-electron chi connectivity index (χ0n) is 13.4. The van der Waals surface area contributed by atoms with E-state index in [0.29, 0.717) is 18.0 Å². The van der Waals surface area contributed by atoms with Gasteiger partial charge in [-0.3, -0.25) is 4.98 Å². The Morgan fingerprint density at radius 2 is 1.83 bits per heavy atom. The number of hydrogen-bond donors (Lipinski definition) is 0. The molecule has 0 unspecified atom stereocenters. The number of sulfonamides is 1. The van der Waals surface area contributed by atoms with E-state index >= 15 is 0 Å². The molecule has 0 amide bonds. The van der Waals surface area contributed by atoms with E-state index in [2.05, 4.69) is 27.0 Å². The lowest BCUT2D eigenvalue weighted by Gasteiger charge is -2.27. The van der Waals surface area contributed by atoms with E-state index in [1.54, 1.807) is 22.5 Å². The van der Waals surface area contributed by atoms with Gasteiger partial charge in [-0.25, -0.2) is 8.42 Å². The number of pyridine rings is 1. The van der Waals surface area contributed by atoms with Gasteiger partial charge in [-0.2, -0.15) is 4.31 Å². The number of hydrogen-bond acceptors (Lipinski definition) is 3. The van der Waals surface area contributed by atoms with Crippen LogP contribution in [0.5, 0.6) is 0 Å². The van der Waals surface area contributed by atoms with Gasteiger partial charge in [0.1, 0.15) is 0 Å². The highest BCUT2D eigenvalue weighted by Gasteiger charge is 2.27. The minimum atomic E-state index is -3.43. The molecule has 1 saturated heterocycles. The molecule has 24 heavy (non-hydrogen) atoms. The SMILES string of the molecule is Cc1cccc(C=C2CCN(S(=O)(=O)c3cccc(Br)c3)CC2)n1. The second kappa shape index (κ2) is 7.17. The average molecular weight is 407 g/mol. The van der Waals surface area contributed by atoms with Crippen molar-refractivity contribution in [3.8, 4) is 0 Å². The zero-order valence-corrected chi connectivity index (χ0v) is 15.8. The van der Waals surface area contributed by atoms with Crippen molar-refractivity contribution in [2.45, 2.75) is 24.7 Å². The number of benzene rings is 1. The van der Waals surface area contributed by atoms with Gasteiger partial charge in [0.15, 0.2) is 0 Å². The Kier molecular flexibility index (Phi) is 5.18. The standard InChI is InChI=1S/C18H19BrN2O2S/c1-14-4-2-6-17(20-14)12-15-8-10-21(11-9-15)24(22,23)18-7-3-5-16(19)13-18/h2-7,12-13H,8-11H2,1H3. The van der Waals surface area contributed by atoms with Gasteiger partial charge >= 0.3 is 0 Å². The fraction of sp³-hybridized carbons (Fsp3) is 0.278. The summed E-state index contributed by atoms with van der Waals surface area (Å²) in [4.78, 5) is 4.82. The molecule has 1 aromatic heterocycles. The third kappa shape index (κ3) is 3.94. The Bertz CT molecular complexity index is 868. The number of halogens is 1. The molecule has 126 valence electrons. The molecule has 0 spiro atoms. The predicted octanol–water partition coefficient (Wildman–Crippen LogP) is 4.02. The quantitative estimate of drug-likeness (QED) is 0.772. The number of nitrogens with zero attached hydrogens (tertiary/aromatic N) is 2. The van der Waals surface area contributed by atoms with E-state index in [0.717, 1.165) is 28.7 Å². The van der Waals surface area contributed by atoms with Gasteiger partial charge in [-0.1, -0.05) is 33.6 Å². The van der Waals surface area contributed by atoms with Gasteiger partial charge in [0.05, 0.1) is 10.6 Å². The lowest BCUT2D eigenvalue weighted by molar-refractivity contribution is 0.388. The van der Waals surface area contributed by atoms with Gasteiger partial charge in [0, 0.05) is 23.3 Å². The van der Waals surface area contributed by atoms with Crippen LogP contribution in [0.3, 0.4) is 0 Å². The molecule has 6 heteroatoms. The van der Waals surface area contributed by atoms with Crippen LogP contribution in [0.1, 0.15) is 24.2 Å². The highest BCUT2D eigenvalue weighted by molar-refractivity contribution is 9.10. The molecule has 0 saturated carbocycles. The summed E-state index contributed by atoms with van der Waals surface area (Å²) >= 11 is 3.33. The molecule has 2 aromatic rings. The second-order valence-electron chi connectivity index (χ2n) is 5.87. The maximum absolute atomic E-state index is 12.7. The first-order chi connectivity index (χ1) is 11.4. The third-order valence-electron chi connectivity index (χ3n) is 4.06. The van der Waals surface area contributed by atoms with E-state index in [9.17, 15) is 8.42 Å². The van der Waals surface area contributed by atoms with E-state index in [-0.39, 0.29) is 0 Å². The molecule has 4 nitrogen and oxygen atoms in total. The van der Waals surface area contributed by atoms with Crippen LogP contribution < -0.4 is 0 Å². The van der Waals surface area contributed by atoms with Crippen LogP contribution in [-0.4, -0.2) is 30.8 Å². The van der Waals surface area contributed by atoms with Crippen molar-refractivity contribution in [1.82, 2.24) is 9.29 Å². The first-order valence-corrected chi connectivity index (χ1v) is 10.1. The van der Waals surface area contributed by atoms with E-state index in [1.165, 1.54) is 5.57 Å². The smallest absolute Gasteiger partial charge is 0.243 e. The fourth-order valence-electron chi connectivity index (χ4n) is 2.79. The zero-order chi connectivity index (χ0) is 17.2. The average Bonchev–Trinajstić information content (AvgIpc) is 2.55. The highest BCUT2D eigenvalue weighted by Crippen LogP contribution is 2.26. The van der Waals surface area contributed by atoms with Gasteiger partial charge in [-0.15, -0.1) is 0 Å². The van der Waals surface area contributed by atoms with Crippen molar-refractivity contribution < 1.29 is 8.42 Å². The summed E-state index contributed by atoms with van der Waals surface area (Å²) in [6.07, 6.45) is 3.56. The molecular weight excluding hydrogens is 388 g/mol. The maximum Gasteiger partial charge on any atom is 0.243 e. The number of piperidine rings is 1. The molecule has 1 aromatic carbocycles. The van der Waals surface area contributed by atoms with Crippen molar-refractivity contribution in [3.05, 3.63) is 63.9 Å². The van der Waals surface area contributed by atoms with Crippen LogP contribution in [0.4, 0.5) is 0 Å². The fourth-order valence-corrected chi connectivity index (χ4v) is 4.83. The number of aromatic nitrogens is 1. The van der Waals surface area contributed by atoms with Crippen LogP contribution in [0, 0.1) is 6.92 Å². The Labute approximate surface area is 151 Å².